The minimum atomic E-state index is 0.568. The van der Waals surface area contributed by atoms with Crippen molar-refractivity contribution >= 4 is 11.8 Å². The Kier molecular flexibility index (Phi) is 6.01. The molecule has 0 spiro atoms. The molecular weight excluding hydrogens is 256 g/mol. The SMILES string of the molecule is CCC1CN(CCOc2cccc(CN)c2)CCS1. The van der Waals surface area contributed by atoms with Crippen LogP contribution in [0.25, 0.3) is 0 Å². The summed E-state index contributed by atoms with van der Waals surface area (Å²) in [6, 6.07) is 8.06. The van der Waals surface area contributed by atoms with Crippen LogP contribution in [0.2, 0.25) is 0 Å². The summed E-state index contributed by atoms with van der Waals surface area (Å²) in [5.74, 6) is 2.18. The van der Waals surface area contributed by atoms with Crippen LogP contribution in [-0.4, -0.2) is 42.1 Å². The third kappa shape index (κ3) is 4.71. The maximum atomic E-state index is 5.82. The molecule has 1 aromatic carbocycles. The number of benzene rings is 1. The van der Waals surface area contributed by atoms with Crippen molar-refractivity contribution in [2.24, 2.45) is 5.73 Å². The fourth-order valence-corrected chi connectivity index (χ4v) is 3.53. The molecule has 106 valence electrons. The van der Waals surface area contributed by atoms with Crippen LogP contribution in [0.3, 0.4) is 0 Å². The van der Waals surface area contributed by atoms with Gasteiger partial charge in [0, 0.05) is 37.2 Å². The Morgan fingerprint density at radius 2 is 2.37 bits per heavy atom. The molecule has 1 atom stereocenters. The molecule has 4 heteroatoms. The summed E-state index contributed by atoms with van der Waals surface area (Å²) in [6.45, 7) is 7.01. The number of hydrogen-bond donors (Lipinski definition) is 1. The zero-order valence-corrected chi connectivity index (χ0v) is 12.5. The average molecular weight is 280 g/mol. The van der Waals surface area contributed by atoms with Gasteiger partial charge in [0.05, 0.1) is 0 Å². The lowest BCUT2D eigenvalue weighted by Gasteiger charge is -2.31. The summed E-state index contributed by atoms with van der Waals surface area (Å²) in [5.41, 5.74) is 6.75. The zero-order valence-electron chi connectivity index (χ0n) is 11.7. The third-order valence-corrected chi connectivity index (χ3v) is 4.86. The molecule has 0 aliphatic carbocycles. The largest absolute Gasteiger partial charge is 0.492 e. The summed E-state index contributed by atoms with van der Waals surface area (Å²) >= 11 is 2.11. The van der Waals surface area contributed by atoms with Crippen molar-refractivity contribution < 1.29 is 4.74 Å². The highest BCUT2D eigenvalue weighted by molar-refractivity contribution is 8.00. The lowest BCUT2D eigenvalue weighted by molar-refractivity contribution is 0.212. The lowest BCUT2D eigenvalue weighted by atomic mass is 10.2. The van der Waals surface area contributed by atoms with Crippen LogP contribution >= 0.6 is 11.8 Å². The maximum absolute atomic E-state index is 5.82. The number of hydrogen-bond acceptors (Lipinski definition) is 4. The molecule has 2 N–H and O–H groups in total. The van der Waals surface area contributed by atoms with E-state index in [1.807, 2.05) is 24.3 Å². The van der Waals surface area contributed by atoms with Gasteiger partial charge in [-0.2, -0.15) is 11.8 Å². The molecule has 1 fully saturated rings. The molecule has 19 heavy (non-hydrogen) atoms. The highest BCUT2D eigenvalue weighted by Gasteiger charge is 2.18. The van der Waals surface area contributed by atoms with E-state index in [4.69, 9.17) is 10.5 Å². The van der Waals surface area contributed by atoms with E-state index in [0.29, 0.717) is 6.54 Å². The van der Waals surface area contributed by atoms with Gasteiger partial charge in [-0.1, -0.05) is 19.1 Å². The molecule has 1 aromatic rings. The van der Waals surface area contributed by atoms with Gasteiger partial charge in [-0.3, -0.25) is 4.90 Å². The van der Waals surface area contributed by atoms with Crippen molar-refractivity contribution in [3.8, 4) is 5.75 Å². The second-order valence-electron chi connectivity index (χ2n) is 4.90. The smallest absolute Gasteiger partial charge is 0.119 e. The van der Waals surface area contributed by atoms with E-state index in [1.54, 1.807) is 0 Å². The van der Waals surface area contributed by atoms with E-state index in [9.17, 15) is 0 Å². The highest BCUT2D eigenvalue weighted by Crippen LogP contribution is 2.21. The Bertz CT molecular complexity index is 386. The predicted octanol–water partition coefficient (Wildman–Crippen LogP) is 2.35. The summed E-state index contributed by atoms with van der Waals surface area (Å²) < 4.78 is 5.82. The van der Waals surface area contributed by atoms with Gasteiger partial charge in [0.25, 0.3) is 0 Å². The molecule has 3 nitrogen and oxygen atoms in total. The van der Waals surface area contributed by atoms with E-state index in [-0.39, 0.29) is 0 Å². The number of nitrogens with two attached hydrogens (primary N) is 1. The Balaban J connectivity index is 1.73. The van der Waals surface area contributed by atoms with E-state index in [2.05, 4.69) is 23.6 Å². The fraction of sp³-hybridized carbons (Fsp3) is 0.600. The first-order valence-corrected chi connectivity index (χ1v) is 8.12. The Morgan fingerprint density at radius 1 is 1.47 bits per heavy atom. The number of ether oxygens (including phenoxy) is 1. The first-order valence-electron chi connectivity index (χ1n) is 7.07. The quantitative estimate of drug-likeness (QED) is 0.868. The van der Waals surface area contributed by atoms with Crippen molar-refractivity contribution in [3.05, 3.63) is 29.8 Å². The van der Waals surface area contributed by atoms with Crippen LogP contribution in [0.15, 0.2) is 24.3 Å². The molecular formula is C15H24N2OS. The summed E-state index contributed by atoms with van der Waals surface area (Å²) in [5, 5.41) is 0.800. The van der Waals surface area contributed by atoms with Crippen LogP contribution in [0.4, 0.5) is 0 Å². The molecule has 1 unspecified atom stereocenters. The maximum Gasteiger partial charge on any atom is 0.119 e. The van der Waals surface area contributed by atoms with Crippen molar-refractivity contribution in [2.45, 2.75) is 25.1 Å². The number of rotatable bonds is 6. The second-order valence-corrected chi connectivity index (χ2v) is 6.31. The first kappa shape index (κ1) is 14.7. The second kappa shape index (κ2) is 7.78. The van der Waals surface area contributed by atoms with Crippen molar-refractivity contribution in [3.63, 3.8) is 0 Å². The molecule has 0 saturated carbocycles. The van der Waals surface area contributed by atoms with Gasteiger partial charge in [-0.25, -0.2) is 0 Å². The molecule has 1 aliphatic heterocycles. The van der Waals surface area contributed by atoms with Gasteiger partial charge in [0.2, 0.25) is 0 Å². The molecule has 2 rings (SSSR count). The zero-order chi connectivity index (χ0) is 13.5. The number of nitrogens with zero attached hydrogens (tertiary/aromatic N) is 1. The molecule has 0 bridgehead atoms. The minimum absolute atomic E-state index is 0.568. The van der Waals surface area contributed by atoms with E-state index < -0.39 is 0 Å². The van der Waals surface area contributed by atoms with E-state index >= 15 is 0 Å². The molecule has 1 saturated heterocycles. The highest BCUT2D eigenvalue weighted by atomic mass is 32.2. The van der Waals surface area contributed by atoms with Gasteiger partial charge in [-0.05, 0) is 24.1 Å². The van der Waals surface area contributed by atoms with Crippen LogP contribution in [0.1, 0.15) is 18.9 Å². The average Bonchev–Trinajstić information content (AvgIpc) is 2.48. The normalized spacial score (nSPS) is 20.4. The third-order valence-electron chi connectivity index (χ3n) is 3.49. The lowest BCUT2D eigenvalue weighted by Crippen LogP contribution is -2.39. The van der Waals surface area contributed by atoms with Gasteiger partial charge < -0.3 is 10.5 Å². The van der Waals surface area contributed by atoms with Crippen molar-refractivity contribution in [1.82, 2.24) is 4.90 Å². The minimum Gasteiger partial charge on any atom is -0.492 e. The topological polar surface area (TPSA) is 38.5 Å². The molecule has 0 radical (unpaired) electrons. The van der Waals surface area contributed by atoms with Gasteiger partial charge in [-0.15, -0.1) is 0 Å². The number of thioether (sulfide) groups is 1. The van der Waals surface area contributed by atoms with E-state index in [1.165, 1.54) is 25.3 Å². The van der Waals surface area contributed by atoms with Gasteiger partial charge in [0.15, 0.2) is 0 Å². The molecule has 1 aliphatic rings. The molecule has 0 amide bonds. The monoisotopic (exact) mass is 280 g/mol. The van der Waals surface area contributed by atoms with Crippen molar-refractivity contribution in [2.75, 3.05) is 32.0 Å². The first-order chi connectivity index (χ1) is 9.31. The van der Waals surface area contributed by atoms with Gasteiger partial charge >= 0.3 is 0 Å². The Labute approximate surface area is 120 Å². The molecule has 1 heterocycles. The summed E-state index contributed by atoms with van der Waals surface area (Å²) in [6.07, 6.45) is 1.26. The van der Waals surface area contributed by atoms with Crippen LogP contribution in [0.5, 0.6) is 5.75 Å². The van der Waals surface area contributed by atoms with Crippen LogP contribution < -0.4 is 10.5 Å². The predicted molar refractivity (Wildman–Crippen MR) is 82.8 cm³/mol. The Hall–Kier alpha value is -0.710. The molecule has 0 aromatic heterocycles. The van der Waals surface area contributed by atoms with Crippen LogP contribution in [0, 0.1) is 0 Å². The standard InChI is InChI=1S/C15H24N2OS/c1-2-15-12-17(7-9-19-15)6-8-18-14-5-3-4-13(10-14)11-16/h3-5,10,15H,2,6-9,11-12,16H2,1H3. The van der Waals surface area contributed by atoms with Crippen molar-refractivity contribution in [1.29, 1.82) is 0 Å². The Morgan fingerprint density at radius 3 is 3.16 bits per heavy atom. The fourth-order valence-electron chi connectivity index (χ4n) is 2.29. The van der Waals surface area contributed by atoms with Gasteiger partial charge in [0.1, 0.15) is 12.4 Å². The van der Waals surface area contributed by atoms with Crippen LogP contribution in [-0.2, 0) is 6.54 Å². The summed E-state index contributed by atoms with van der Waals surface area (Å²) in [4.78, 5) is 2.51. The summed E-state index contributed by atoms with van der Waals surface area (Å²) in [7, 11) is 0. The van der Waals surface area contributed by atoms with E-state index in [0.717, 1.165) is 29.7 Å².